The molecule has 94 valence electrons. The maximum atomic E-state index is 10.4. The third-order valence-corrected chi connectivity index (χ3v) is 3.12. The number of aryl methyl sites for hydroxylation is 2. The SMILES string of the molecule is COc1cc(C(O)c2cnccc2C)ccc1C. The zero-order valence-corrected chi connectivity index (χ0v) is 10.8. The number of pyridine rings is 1. The normalized spacial score (nSPS) is 12.2. The molecule has 18 heavy (non-hydrogen) atoms. The van der Waals surface area contributed by atoms with E-state index in [0.717, 1.165) is 28.0 Å². The molecule has 0 fully saturated rings. The van der Waals surface area contributed by atoms with Gasteiger partial charge in [-0.2, -0.15) is 0 Å². The van der Waals surface area contributed by atoms with E-state index >= 15 is 0 Å². The van der Waals surface area contributed by atoms with Gasteiger partial charge in [-0.05, 0) is 42.7 Å². The minimum atomic E-state index is -0.673. The Labute approximate surface area is 107 Å². The van der Waals surface area contributed by atoms with Crippen molar-refractivity contribution in [3.8, 4) is 5.75 Å². The van der Waals surface area contributed by atoms with E-state index in [0.29, 0.717) is 0 Å². The van der Waals surface area contributed by atoms with Crippen LogP contribution >= 0.6 is 0 Å². The zero-order valence-electron chi connectivity index (χ0n) is 10.8. The summed E-state index contributed by atoms with van der Waals surface area (Å²) in [6.07, 6.45) is 2.75. The van der Waals surface area contributed by atoms with Crippen LogP contribution in [0, 0.1) is 13.8 Å². The van der Waals surface area contributed by atoms with Gasteiger partial charge in [0.25, 0.3) is 0 Å². The Kier molecular flexibility index (Phi) is 3.63. The van der Waals surface area contributed by atoms with Gasteiger partial charge in [-0.25, -0.2) is 0 Å². The molecule has 0 saturated heterocycles. The lowest BCUT2D eigenvalue weighted by molar-refractivity contribution is 0.218. The molecule has 1 aromatic heterocycles. The van der Waals surface area contributed by atoms with E-state index in [1.165, 1.54) is 0 Å². The minimum absolute atomic E-state index is 0.673. The number of methoxy groups -OCH3 is 1. The molecule has 1 aromatic carbocycles. The number of hydrogen-bond donors (Lipinski definition) is 1. The van der Waals surface area contributed by atoms with Gasteiger partial charge in [0.15, 0.2) is 0 Å². The van der Waals surface area contributed by atoms with Gasteiger partial charge in [0.05, 0.1) is 7.11 Å². The zero-order chi connectivity index (χ0) is 13.1. The van der Waals surface area contributed by atoms with Crippen molar-refractivity contribution in [3.63, 3.8) is 0 Å². The molecule has 0 saturated carbocycles. The fourth-order valence-corrected chi connectivity index (χ4v) is 1.95. The molecule has 0 amide bonds. The molecule has 0 aliphatic carbocycles. The van der Waals surface area contributed by atoms with Crippen molar-refractivity contribution in [1.29, 1.82) is 0 Å². The van der Waals surface area contributed by atoms with Crippen LogP contribution in [0.3, 0.4) is 0 Å². The second-order valence-corrected chi connectivity index (χ2v) is 4.36. The summed E-state index contributed by atoms with van der Waals surface area (Å²) in [5.74, 6) is 0.785. The van der Waals surface area contributed by atoms with Crippen molar-refractivity contribution in [2.24, 2.45) is 0 Å². The summed E-state index contributed by atoms with van der Waals surface area (Å²) in [7, 11) is 1.63. The second kappa shape index (κ2) is 5.19. The Morgan fingerprint density at radius 3 is 2.61 bits per heavy atom. The van der Waals surface area contributed by atoms with Crippen molar-refractivity contribution in [3.05, 3.63) is 58.9 Å². The highest BCUT2D eigenvalue weighted by Crippen LogP contribution is 2.28. The highest BCUT2D eigenvalue weighted by atomic mass is 16.5. The lowest BCUT2D eigenvalue weighted by atomic mass is 9.98. The first-order valence-corrected chi connectivity index (χ1v) is 5.86. The Balaban J connectivity index is 2.40. The van der Waals surface area contributed by atoms with E-state index in [2.05, 4.69) is 4.98 Å². The third kappa shape index (κ3) is 2.36. The van der Waals surface area contributed by atoms with Crippen LogP contribution in [0.5, 0.6) is 5.75 Å². The number of rotatable bonds is 3. The molecule has 0 aliphatic rings. The van der Waals surface area contributed by atoms with Crippen molar-refractivity contribution in [2.45, 2.75) is 20.0 Å². The molecule has 3 heteroatoms. The molecule has 0 aliphatic heterocycles. The number of benzene rings is 1. The predicted octanol–water partition coefficient (Wildman–Crippen LogP) is 2.79. The summed E-state index contributed by atoms with van der Waals surface area (Å²) in [5, 5.41) is 10.4. The average Bonchev–Trinajstić information content (AvgIpc) is 2.39. The first-order chi connectivity index (χ1) is 8.63. The summed E-state index contributed by atoms with van der Waals surface area (Å²) < 4.78 is 5.28. The number of nitrogens with zero attached hydrogens (tertiary/aromatic N) is 1. The molecule has 1 atom stereocenters. The monoisotopic (exact) mass is 243 g/mol. The number of aromatic nitrogens is 1. The van der Waals surface area contributed by atoms with Crippen LogP contribution in [0.25, 0.3) is 0 Å². The van der Waals surface area contributed by atoms with E-state index in [1.54, 1.807) is 19.5 Å². The molecular weight excluding hydrogens is 226 g/mol. The summed E-state index contributed by atoms with van der Waals surface area (Å²) in [6, 6.07) is 7.62. The Bertz CT molecular complexity index is 552. The van der Waals surface area contributed by atoms with Gasteiger partial charge in [-0.15, -0.1) is 0 Å². The van der Waals surface area contributed by atoms with Crippen LogP contribution in [0.4, 0.5) is 0 Å². The standard InChI is InChI=1S/C15H17NO2/c1-10-6-7-16-9-13(10)15(17)12-5-4-11(2)14(8-12)18-3/h4-9,15,17H,1-3H3. The number of aliphatic hydroxyl groups is 1. The Morgan fingerprint density at radius 1 is 1.17 bits per heavy atom. The molecule has 2 aromatic rings. The quantitative estimate of drug-likeness (QED) is 0.901. The molecule has 1 unspecified atom stereocenters. The lowest BCUT2D eigenvalue weighted by Crippen LogP contribution is -2.03. The van der Waals surface area contributed by atoms with Gasteiger partial charge < -0.3 is 9.84 Å². The number of ether oxygens (including phenoxy) is 1. The van der Waals surface area contributed by atoms with Crippen LogP contribution in [-0.4, -0.2) is 17.2 Å². The van der Waals surface area contributed by atoms with E-state index < -0.39 is 6.10 Å². The molecule has 1 heterocycles. The number of aliphatic hydroxyl groups excluding tert-OH is 1. The smallest absolute Gasteiger partial charge is 0.122 e. The molecule has 2 rings (SSSR count). The Morgan fingerprint density at radius 2 is 1.94 bits per heavy atom. The molecule has 0 spiro atoms. The topological polar surface area (TPSA) is 42.4 Å². The first kappa shape index (κ1) is 12.6. The molecule has 3 nitrogen and oxygen atoms in total. The van der Waals surface area contributed by atoms with Crippen LogP contribution < -0.4 is 4.74 Å². The maximum absolute atomic E-state index is 10.4. The summed E-state index contributed by atoms with van der Waals surface area (Å²) >= 11 is 0. The van der Waals surface area contributed by atoms with Crippen molar-refractivity contribution in [1.82, 2.24) is 4.98 Å². The van der Waals surface area contributed by atoms with E-state index in [9.17, 15) is 5.11 Å². The van der Waals surface area contributed by atoms with Gasteiger partial charge in [-0.3, -0.25) is 4.98 Å². The van der Waals surface area contributed by atoms with Gasteiger partial charge in [-0.1, -0.05) is 12.1 Å². The lowest BCUT2D eigenvalue weighted by Gasteiger charge is -2.15. The van der Waals surface area contributed by atoms with Gasteiger partial charge >= 0.3 is 0 Å². The van der Waals surface area contributed by atoms with Crippen molar-refractivity contribution < 1.29 is 9.84 Å². The fraction of sp³-hybridized carbons (Fsp3) is 0.267. The summed E-state index contributed by atoms with van der Waals surface area (Å²) in [4.78, 5) is 4.06. The first-order valence-electron chi connectivity index (χ1n) is 5.86. The van der Waals surface area contributed by atoms with Gasteiger partial charge in [0.2, 0.25) is 0 Å². The van der Waals surface area contributed by atoms with Crippen molar-refractivity contribution >= 4 is 0 Å². The third-order valence-electron chi connectivity index (χ3n) is 3.12. The van der Waals surface area contributed by atoms with Crippen LogP contribution in [-0.2, 0) is 0 Å². The molecule has 0 bridgehead atoms. The van der Waals surface area contributed by atoms with Crippen molar-refractivity contribution in [2.75, 3.05) is 7.11 Å². The highest BCUT2D eigenvalue weighted by Gasteiger charge is 2.14. The van der Waals surface area contributed by atoms with E-state index in [1.807, 2.05) is 38.1 Å². The van der Waals surface area contributed by atoms with E-state index in [-0.39, 0.29) is 0 Å². The maximum Gasteiger partial charge on any atom is 0.122 e. The molecular formula is C15H17NO2. The molecule has 1 N–H and O–H groups in total. The molecule has 0 radical (unpaired) electrons. The number of hydrogen-bond acceptors (Lipinski definition) is 3. The van der Waals surface area contributed by atoms with Gasteiger partial charge in [0, 0.05) is 18.0 Å². The van der Waals surface area contributed by atoms with E-state index in [4.69, 9.17) is 4.74 Å². The highest BCUT2D eigenvalue weighted by molar-refractivity contribution is 5.41. The fourth-order valence-electron chi connectivity index (χ4n) is 1.95. The largest absolute Gasteiger partial charge is 0.496 e. The summed E-state index contributed by atoms with van der Waals surface area (Å²) in [5.41, 5.74) is 3.71. The average molecular weight is 243 g/mol. The summed E-state index contributed by atoms with van der Waals surface area (Å²) in [6.45, 7) is 3.94. The van der Waals surface area contributed by atoms with Crippen LogP contribution in [0.1, 0.15) is 28.4 Å². The Hall–Kier alpha value is -1.87. The van der Waals surface area contributed by atoms with Crippen LogP contribution in [0.2, 0.25) is 0 Å². The van der Waals surface area contributed by atoms with Gasteiger partial charge in [0.1, 0.15) is 11.9 Å². The second-order valence-electron chi connectivity index (χ2n) is 4.36. The predicted molar refractivity (Wildman–Crippen MR) is 70.8 cm³/mol. The van der Waals surface area contributed by atoms with Crippen LogP contribution in [0.15, 0.2) is 36.7 Å². The minimum Gasteiger partial charge on any atom is -0.496 e.